The third kappa shape index (κ3) is 4.66. The molecule has 2 aliphatic heterocycles. The Morgan fingerprint density at radius 1 is 0.889 bits per heavy atom. The van der Waals surface area contributed by atoms with Crippen molar-refractivity contribution in [3.8, 4) is 28.7 Å². The van der Waals surface area contributed by atoms with Crippen molar-refractivity contribution in [2.45, 2.75) is 13.0 Å². The summed E-state index contributed by atoms with van der Waals surface area (Å²) in [7, 11) is 3.09. The van der Waals surface area contributed by atoms with Crippen molar-refractivity contribution in [1.82, 2.24) is 0 Å². The second-order valence-corrected chi connectivity index (χ2v) is 8.58. The van der Waals surface area contributed by atoms with E-state index in [1.807, 2.05) is 30.3 Å². The lowest BCUT2D eigenvalue weighted by Gasteiger charge is -2.18. The molecule has 5 rings (SSSR count). The van der Waals surface area contributed by atoms with Gasteiger partial charge in [0.2, 0.25) is 12.5 Å². The second-order valence-electron chi connectivity index (χ2n) is 8.58. The van der Waals surface area contributed by atoms with Crippen molar-refractivity contribution in [2.24, 2.45) is 11.8 Å². The summed E-state index contributed by atoms with van der Waals surface area (Å²) < 4.78 is 33.2. The Kier molecular flexibility index (Phi) is 6.66. The minimum atomic E-state index is -0.645. The van der Waals surface area contributed by atoms with Gasteiger partial charge >= 0.3 is 5.97 Å². The highest BCUT2D eigenvalue weighted by Crippen LogP contribution is 2.41. The molecule has 2 atom stereocenters. The van der Waals surface area contributed by atoms with Crippen LogP contribution in [0.2, 0.25) is 0 Å². The van der Waals surface area contributed by atoms with E-state index in [0.29, 0.717) is 40.9 Å². The van der Waals surface area contributed by atoms with Crippen molar-refractivity contribution >= 4 is 11.8 Å². The Morgan fingerprint density at radius 3 is 2.33 bits per heavy atom. The molecule has 3 aromatic carbocycles. The molecule has 8 nitrogen and oxygen atoms in total. The van der Waals surface area contributed by atoms with Gasteiger partial charge in [0.25, 0.3) is 0 Å². The maximum absolute atomic E-state index is 13.3. The van der Waals surface area contributed by atoms with E-state index in [2.05, 4.69) is 0 Å². The van der Waals surface area contributed by atoms with Crippen molar-refractivity contribution in [1.29, 1.82) is 0 Å². The number of Topliss-reactive ketones (excluding diaryl/α,β-unsaturated/α-hetero) is 1. The van der Waals surface area contributed by atoms with Gasteiger partial charge < -0.3 is 28.4 Å². The van der Waals surface area contributed by atoms with Crippen LogP contribution in [-0.4, -0.2) is 39.4 Å². The largest absolute Gasteiger partial charge is 0.493 e. The summed E-state index contributed by atoms with van der Waals surface area (Å²) in [5.41, 5.74) is 2.22. The molecule has 0 aromatic heterocycles. The third-order valence-corrected chi connectivity index (χ3v) is 6.39. The number of benzene rings is 3. The van der Waals surface area contributed by atoms with Crippen LogP contribution in [0.5, 0.6) is 28.7 Å². The van der Waals surface area contributed by atoms with Gasteiger partial charge in [-0.2, -0.15) is 0 Å². The smallest absolute Gasteiger partial charge is 0.310 e. The van der Waals surface area contributed by atoms with E-state index in [9.17, 15) is 9.59 Å². The topological polar surface area (TPSA) is 89.5 Å². The standard InChI is InChI=1S/C28H26O8/c1-31-24-11-18(12-25(32-2)27(24)33-14-17-6-4-3-5-7-17)10-20-21(15-34-28(20)30)26(29)19-8-9-22-23(13-19)36-16-35-22/h3-9,11-13,20-21H,10,14-16H2,1-2H3/t20-,21+/m1/s1. The number of fused-ring (bicyclic) bond motifs is 1. The second kappa shape index (κ2) is 10.2. The number of hydrogen-bond acceptors (Lipinski definition) is 8. The number of methoxy groups -OCH3 is 2. The fourth-order valence-electron chi connectivity index (χ4n) is 4.49. The van der Waals surface area contributed by atoms with Gasteiger partial charge in [0, 0.05) is 5.56 Å². The van der Waals surface area contributed by atoms with Gasteiger partial charge in [-0.3, -0.25) is 9.59 Å². The Balaban J connectivity index is 1.37. The first-order chi connectivity index (χ1) is 17.6. The molecular weight excluding hydrogens is 464 g/mol. The molecule has 2 aliphatic rings. The number of ketones is 1. The molecule has 186 valence electrons. The van der Waals surface area contributed by atoms with Gasteiger partial charge in [-0.05, 0) is 47.9 Å². The molecule has 0 bridgehead atoms. The normalized spacial score (nSPS) is 18.0. The molecule has 0 unspecified atom stereocenters. The Labute approximate surface area is 208 Å². The van der Waals surface area contributed by atoms with E-state index in [0.717, 1.165) is 11.1 Å². The Morgan fingerprint density at radius 2 is 1.61 bits per heavy atom. The van der Waals surface area contributed by atoms with Gasteiger partial charge in [0.15, 0.2) is 28.8 Å². The fourth-order valence-corrected chi connectivity index (χ4v) is 4.49. The van der Waals surface area contributed by atoms with Gasteiger partial charge in [-0.1, -0.05) is 30.3 Å². The highest BCUT2D eigenvalue weighted by Gasteiger charge is 2.42. The molecule has 0 aliphatic carbocycles. The van der Waals surface area contributed by atoms with Crippen molar-refractivity contribution in [2.75, 3.05) is 27.6 Å². The predicted molar refractivity (Wildman–Crippen MR) is 129 cm³/mol. The SMILES string of the molecule is COc1cc(C[C@H]2C(=O)OC[C@@H]2C(=O)c2ccc3c(c2)OCO3)cc(OC)c1OCc1ccccc1. The third-order valence-electron chi connectivity index (χ3n) is 6.39. The number of rotatable bonds is 9. The van der Waals surface area contributed by atoms with Crippen molar-refractivity contribution < 1.29 is 38.0 Å². The van der Waals surface area contributed by atoms with Crippen LogP contribution in [0.25, 0.3) is 0 Å². The fraction of sp³-hybridized carbons (Fsp3) is 0.286. The molecular formula is C28H26O8. The minimum Gasteiger partial charge on any atom is -0.493 e. The van der Waals surface area contributed by atoms with Crippen LogP contribution in [0.4, 0.5) is 0 Å². The van der Waals surface area contributed by atoms with E-state index in [4.69, 9.17) is 28.4 Å². The lowest BCUT2D eigenvalue weighted by atomic mass is 9.84. The summed E-state index contributed by atoms with van der Waals surface area (Å²) in [4.78, 5) is 26.0. The first-order valence-corrected chi connectivity index (χ1v) is 11.6. The zero-order valence-corrected chi connectivity index (χ0v) is 20.0. The number of ether oxygens (including phenoxy) is 6. The van der Waals surface area contributed by atoms with Crippen LogP contribution in [0.1, 0.15) is 21.5 Å². The molecule has 8 heteroatoms. The van der Waals surface area contributed by atoms with Gasteiger partial charge in [0.05, 0.1) is 26.1 Å². The van der Waals surface area contributed by atoms with Gasteiger partial charge in [-0.25, -0.2) is 0 Å². The maximum atomic E-state index is 13.3. The quantitative estimate of drug-likeness (QED) is 0.325. The zero-order chi connectivity index (χ0) is 25.1. The molecule has 0 radical (unpaired) electrons. The molecule has 2 heterocycles. The van der Waals surface area contributed by atoms with E-state index in [-0.39, 0.29) is 25.6 Å². The summed E-state index contributed by atoms with van der Waals surface area (Å²) in [6.07, 6.45) is 0.283. The number of cyclic esters (lactones) is 1. The van der Waals surface area contributed by atoms with Crippen LogP contribution in [0, 0.1) is 11.8 Å². The lowest BCUT2D eigenvalue weighted by Crippen LogP contribution is -2.26. The summed E-state index contributed by atoms with van der Waals surface area (Å²) in [6, 6.07) is 18.4. The van der Waals surface area contributed by atoms with Crippen LogP contribution in [0.15, 0.2) is 60.7 Å². The van der Waals surface area contributed by atoms with E-state index < -0.39 is 17.8 Å². The maximum Gasteiger partial charge on any atom is 0.310 e. The molecule has 36 heavy (non-hydrogen) atoms. The van der Waals surface area contributed by atoms with Crippen molar-refractivity contribution in [3.05, 3.63) is 77.4 Å². The minimum absolute atomic E-state index is 0.0311. The lowest BCUT2D eigenvalue weighted by molar-refractivity contribution is -0.141. The number of esters is 1. The molecule has 1 fully saturated rings. The van der Waals surface area contributed by atoms with Crippen LogP contribution >= 0.6 is 0 Å². The van der Waals surface area contributed by atoms with E-state index in [1.165, 1.54) is 0 Å². The predicted octanol–water partition coefficient (Wildman–Crippen LogP) is 4.23. The molecule has 0 amide bonds. The summed E-state index contributed by atoms with van der Waals surface area (Å²) in [6.45, 7) is 0.493. The van der Waals surface area contributed by atoms with E-state index in [1.54, 1.807) is 44.6 Å². The number of carbonyl (C=O) groups excluding carboxylic acids is 2. The summed E-state index contributed by atoms with van der Waals surface area (Å²) in [5, 5.41) is 0. The molecule has 3 aromatic rings. The first kappa shape index (κ1) is 23.5. The average Bonchev–Trinajstić information content (AvgIpc) is 3.53. The molecule has 1 saturated heterocycles. The monoisotopic (exact) mass is 490 g/mol. The summed E-state index contributed by atoms with van der Waals surface area (Å²) in [5.74, 6) is 0.684. The Hall–Kier alpha value is -4.20. The molecule has 0 saturated carbocycles. The van der Waals surface area contributed by atoms with Crippen LogP contribution in [-0.2, 0) is 22.6 Å². The number of hydrogen-bond donors (Lipinski definition) is 0. The Bertz CT molecular complexity index is 1240. The zero-order valence-electron chi connectivity index (χ0n) is 20.0. The molecule has 0 N–H and O–H groups in total. The first-order valence-electron chi connectivity index (χ1n) is 11.6. The summed E-state index contributed by atoms with van der Waals surface area (Å²) >= 11 is 0. The van der Waals surface area contributed by atoms with E-state index >= 15 is 0 Å². The van der Waals surface area contributed by atoms with Crippen LogP contribution in [0.3, 0.4) is 0 Å². The van der Waals surface area contributed by atoms with Crippen LogP contribution < -0.4 is 23.7 Å². The molecule has 0 spiro atoms. The van der Waals surface area contributed by atoms with Gasteiger partial charge in [-0.15, -0.1) is 0 Å². The van der Waals surface area contributed by atoms with Gasteiger partial charge in [0.1, 0.15) is 13.2 Å². The van der Waals surface area contributed by atoms with Crippen molar-refractivity contribution in [3.63, 3.8) is 0 Å². The number of carbonyl (C=O) groups is 2. The average molecular weight is 491 g/mol. The highest BCUT2D eigenvalue weighted by molar-refractivity contribution is 6.01. The highest BCUT2D eigenvalue weighted by atomic mass is 16.7.